The number of rotatable bonds is 6. The molecule has 0 aliphatic rings. The lowest BCUT2D eigenvalue weighted by Gasteiger charge is -2.10. The van der Waals surface area contributed by atoms with Gasteiger partial charge in [0.05, 0.1) is 0 Å². The van der Waals surface area contributed by atoms with Crippen molar-refractivity contribution >= 4 is 11.6 Å². The molecule has 26 heavy (non-hydrogen) atoms. The molecule has 0 unspecified atom stereocenters. The van der Waals surface area contributed by atoms with Gasteiger partial charge in [-0.1, -0.05) is 26.0 Å². The zero-order valence-electron chi connectivity index (χ0n) is 14.7. The van der Waals surface area contributed by atoms with Crippen LogP contribution in [0.1, 0.15) is 31.7 Å². The summed E-state index contributed by atoms with van der Waals surface area (Å²) < 4.78 is 13.0. The van der Waals surface area contributed by atoms with Crippen molar-refractivity contribution in [1.82, 2.24) is 20.2 Å². The molecule has 0 aliphatic heterocycles. The molecular weight excluding hydrogens is 333 g/mol. The Bertz CT molecular complexity index is 874. The largest absolute Gasteiger partial charge is 0.324 e. The summed E-state index contributed by atoms with van der Waals surface area (Å²) in [6.45, 7) is 4.26. The lowest BCUT2D eigenvalue weighted by Crippen LogP contribution is -2.20. The van der Waals surface area contributed by atoms with Gasteiger partial charge in [0.15, 0.2) is 0 Å². The molecule has 1 amide bonds. The van der Waals surface area contributed by atoms with E-state index in [0.717, 1.165) is 12.1 Å². The van der Waals surface area contributed by atoms with E-state index in [0.29, 0.717) is 17.3 Å². The van der Waals surface area contributed by atoms with E-state index in [4.69, 9.17) is 0 Å². The molecule has 1 aromatic heterocycles. The Labute approximate surface area is 151 Å². The predicted molar refractivity (Wildman–Crippen MR) is 97.0 cm³/mol. The number of halogens is 1. The van der Waals surface area contributed by atoms with Crippen LogP contribution >= 0.6 is 0 Å². The molecular formula is C19H20FN5O. The average Bonchev–Trinajstić information content (AvgIpc) is 3.10. The second-order valence-electron chi connectivity index (χ2n) is 6.13. The molecule has 7 heteroatoms. The average molecular weight is 353 g/mol. The van der Waals surface area contributed by atoms with Gasteiger partial charge in [-0.05, 0) is 59.5 Å². The Hall–Kier alpha value is -3.09. The number of anilines is 1. The fourth-order valence-electron chi connectivity index (χ4n) is 2.48. The van der Waals surface area contributed by atoms with Crippen molar-refractivity contribution in [3.05, 3.63) is 59.9 Å². The van der Waals surface area contributed by atoms with Crippen LogP contribution in [0.5, 0.6) is 0 Å². The number of benzene rings is 2. The number of aromatic nitrogens is 4. The number of hydrogen-bond acceptors (Lipinski definition) is 4. The van der Waals surface area contributed by atoms with Gasteiger partial charge >= 0.3 is 0 Å². The first kappa shape index (κ1) is 17.7. The molecule has 0 saturated heterocycles. The Morgan fingerprint density at radius 2 is 1.85 bits per heavy atom. The van der Waals surface area contributed by atoms with Gasteiger partial charge < -0.3 is 5.32 Å². The number of carbonyl (C=O) groups is 1. The summed E-state index contributed by atoms with van der Waals surface area (Å²) in [6.07, 6.45) is 1.07. The van der Waals surface area contributed by atoms with E-state index in [1.54, 1.807) is 12.1 Å². The molecule has 1 atom stereocenters. The topological polar surface area (TPSA) is 72.7 Å². The Kier molecular flexibility index (Phi) is 5.36. The molecule has 6 nitrogen and oxygen atoms in total. The van der Waals surface area contributed by atoms with E-state index < -0.39 is 0 Å². The van der Waals surface area contributed by atoms with Gasteiger partial charge in [-0.2, -0.15) is 4.80 Å². The number of carbonyl (C=O) groups excluding carboxylic acids is 1. The lowest BCUT2D eigenvalue weighted by atomic mass is 9.99. The normalized spacial score (nSPS) is 12.0. The minimum atomic E-state index is -0.333. The van der Waals surface area contributed by atoms with Crippen molar-refractivity contribution in [2.75, 3.05) is 5.32 Å². The molecule has 0 radical (unpaired) electrons. The number of nitrogens with one attached hydrogen (secondary N) is 1. The highest BCUT2D eigenvalue weighted by Gasteiger charge is 2.10. The van der Waals surface area contributed by atoms with Crippen LogP contribution < -0.4 is 5.32 Å². The molecule has 3 aromatic rings. The monoisotopic (exact) mass is 353 g/mol. The standard InChI is InChI=1S/C19H20FN5O/c1-3-13(2)14-6-10-17(11-7-14)21-18(26)12-25-23-19(22-24-25)15-4-8-16(20)9-5-15/h4-11,13H,3,12H2,1-2H3,(H,21,26)/t13-/m0/s1. The van der Waals surface area contributed by atoms with Crippen molar-refractivity contribution < 1.29 is 9.18 Å². The van der Waals surface area contributed by atoms with Crippen molar-refractivity contribution in [3.63, 3.8) is 0 Å². The van der Waals surface area contributed by atoms with Crippen LogP contribution in [0.2, 0.25) is 0 Å². The highest BCUT2D eigenvalue weighted by molar-refractivity contribution is 5.90. The van der Waals surface area contributed by atoms with Crippen LogP contribution in [0.4, 0.5) is 10.1 Å². The molecule has 1 N–H and O–H groups in total. The van der Waals surface area contributed by atoms with E-state index in [-0.39, 0.29) is 18.3 Å². The van der Waals surface area contributed by atoms with Crippen molar-refractivity contribution in [2.45, 2.75) is 32.7 Å². The summed E-state index contributed by atoms with van der Waals surface area (Å²) in [5.74, 6) is 0.254. The maximum absolute atomic E-state index is 13.0. The van der Waals surface area contributed by atoms with Gasteiger partial charge in [-0.3, -0.25) is 4.79 Å². The Balaban J connectivity index is 1.61. The predicted octanol–water partition coefficient (Wildman–Crippen LogP) is 3.63. The number of amides is 1. The minimum Gasteiger partial charge on any atom is -0.324 e. The van der Waals surface area contributed by atoms with Crippen molar-refractivity contribution in [3.8, 4) is 11.4 Å². The van der Waals surface area contributed by atoms with E-state index in [2.05, 4.69) is 34.6 Å². The van der Waals surface area contributed by atoms with Gasteiger partial charge in [-0.25, -0.2) is 4.39 Å². The van der Waals surface area contributed by atoms with Gasteiger partial charge in [0.25, 0.3) is 0 Å². The first-order valence-electron chi connectivity index (χ1n) is 8.48. The van der Waals surface area contributed by atoms with Gasteiger partial charge in [-0.15, -0.1) is 10.2 Å². The zero-order chi connectivity index (χ0) is 18.5. The summed E-state index contributed by atoms with van der Waals surface area (Å²) in [5.41, 5.74) is 2.60. The maximum Gasteiger partial charge on any atom is 0.248 e. The number of tetrazole rings is 1. The minimum absolute atomic E-state index is 0.0543. The molecule has 134 valence electrons. The summed E-state index contributed by atoms with van der Waals surface area (Å²) in [5, 5.41) is 14.7. The number of nitrogens with zero attached hydrogens (tertiary/aromatic N) is 4. The van der Waals surface area contributed by atoms with Gasteiger partial charge in [0.1, 0.15) is 12.4 Å². The maximum atomic E-state index is 13.0. The summed E-state index contributed by atoms with van der Waals surface area (Å²) >= 11 is 0. The fraction of sp³-hybridized carbons (Fsp3) is 0.263. The van der Waals surface area contributed by atoms with E-state index in [9.17, 15) is 9.18 Å². The molecule has 0 fully saturated rings. The molecule has 0 aliphatic carbocycles. The molecule has 3 rings (SSSR count). The third kappa shape index (κ3) is 4.30. The second kappa shape index (κ2) is 7.86. The van der Waals surface area contributed by atoms with Crippen LogP contribution in [0, 0.1) is 5.82 Å². The van der Waals surface area contributed by atoms with Crippen LogP contribution in [0.3, 0.4) is 0 Å². The Morgan fingerprint density at radius 3 is 2.50 bits per heavy atom. The second-order valence-corrected chi connectivity index (χ2v) is 6.13. The SMILES string of the molecule is CC[C@H](C)c1ccc(NC(=O)Cn2nnc(-c3ccc(F)cc3)n2)cc1. The molecule has 2 aromatic carbocycles. The summed E-state index contributed by atoms with van der Waals surface area (Å²) in [4.78, 5) is 13.4. The van der Waals surface area contributed by atoms with Crippen LogP contribution in [-0.4, -0.2) is 26.1 Å². The third-order valence-corrected chi connectivity index (χ3v) is 4.22. The van der Waals surface area contributed by atoms with Crippen molar-refractivity contribution in [1.29, 1.82) is 0 Å². The fourth-order valence-corrected chi connectivity index (χ4v) is 2.48. The van der Waals surface area contributed by atoms with Crippen molar-refractivity contribution in [2.24, 2.45) is 0 Å². The highest BCUT2D eigenvalue weighted by Crippen LogP contribution is 2.20. The van der Waals surface area contributed by atoms with Crippen LogP contribution in [0.25, 0.3) is 11.4 Å². The van der Waals surface area contributed by atoms with Gasteiger partial charge in [0, 0.05) is 11.3 Å². The first-order valence-corrected chi connectivity index (χ1v) is 8.48. The quantitative estimate of drug-likeness (QED) is 0.734. The lowest BCUT2D eigenvalue weighted by molar-refractivity contribution is -0.117. The smallest absolute Gasteiger partial charge is 0.248 e. The summed E-state index contributed by atoms with van der Waals surface area (Å²) in [6, 6.07) is 13.6. The molecule has 1 heterocycles. The van der Waals surface area contributed by atoms with E-state index in [1.165, 1.54) is 22.5 Å². The Morgan fingerprint density at radius 1 is 1.15 bits per heavy atom. The number of hydrogen-bond donors (Lipinski definition) is 1. The van der Waals surface area contributed by atoms with E-state index >= 15 is 0 Å². The summed E-state index contributed by atoms with van der Waals surface area (Å²) in [7, 11) is 0. The zero-order valence-corrected chi connectivity index (χ0v) is 14.7. The first-order chi connectivity index (χ1) is 12.5. The third-order valence-electron chi connectivity index (χ3n) is 4.22. The van der Waals surface area contributed by atoms with Crippen LogP contribution in [-0.2, 0) is 11.3 Å². The van der Waals surface area contributed by atoms with E-state index in [1.807, 2.05) is 24.3 Å². The van der Waals surface area contributed by atoms with Crippen LogP contribution in [0.15, 0.2) is 48.5 Å². The molecule has 0 saturated carbocycles. The van der Waals surface area contributed by atoms with Gasteiger partial charge in [0.2, 0.25) is 11.7 Å². The molecule has 0 bridgehead atoms. The molecule has 0 spiro atoms. The highest BCUT2D eigenvalue weighted by atomic mass is 19.1.